The summed E-state index contributed by atoms with van der Waals surface area (Å²) in [6.07, 6.45) is 3.09. The lowest BCUT2D eigenvalue weighted by atomic mass is 9.88. The first-order valence-corrected chi connectivity index (χ1v) is 10.9. The van der Waals surface area contributed by atoms with Crippen LogP contribution in [0.5, 0.6) is 0 Å². The first-order chi connectivity index (χ1) is 14.3. The molecule has 0 saturated carbocycles. The Morgan fingerprint density at radius 3 is 2.27 bits per heavy atom. The summed E-state index contributed by atoms with van der Waals surface area (Å²) in [5.74, 6) is 0.492. The van der Waals surface area contributed by atoms with E-state index in [1.807, 2.05) is 6.07 Å². The summed E-state index contributed by atoms with van der Waals surface area (Å²) in [5, 5.41) is 0. The molecule has 1 fully saturated rings. The van der Waals surface area contributed by atoms with Gasteiger partial charge < -0.3 is 14.1 Å². The predicted octanol–water partition coefficient (Wildman–Crippen LogP) is 4.97. The number of ether oxygens (including phenoxy) is 1. The molecule has 0 spiro atoms. The SMILES string of the molecule is CCOC(=O)C1CCCCN1C(=O)c1ccc(Cc2c(C)c(C)c(C)c(C)c2C)o1. The average molecular weight is 412 g/mol. The molecule has 162 valence electrons. The van der Waals surface area contributed by atoms with E-state index in [1.54, 1.807) is 17.9 Å². The van der Waals surface area contributed by atoms with Gasteiger partial charge in [0, 0.05) is 13.0 Å². The van der Waals surface area contributed by atoms with E-state index in [1.165, 1.54) is 33.4 Å². The van der Waals surface area contributed by atoms with Gasteiger partial charge in [0.05, 0.1) is 6.61 Å². The van der Waals surface area contributed by atoms with Crippen LogP contribution >= 0.6 is 0 Å². The van der Waals surface area contributed by atoms with E-state index in [-0.39, 0.29) is 17.6 Å². The summed E-state index contributed by atoms with van der Waals surface area (Å²) < 4.78 is 11.1. The lowest BCUT2D eigenvalue weighted by Crippen LogP contribution is -2.48. The Morgan fingerprint density at radius 1 is 1.00 bits per heavy atom. The number of hydrogen-bond acceptors (Lipinski definition) is 4. The van der Waals surface area contributed by atoms with Gasteiger partial charge in [0.15, 0.2) is 5.76 Å². The Balaban J connectivity index is 1.83. The van der Waals surface area contributed by atoms with Crippen LogP contribution in [0.15, 0.2) is 16.5 Å². The maximum absolute atomic E-state index is 13.1. The molecule has 0 N–H and O–H groups in total. The molecule has 0 radical (unpaired) electrons. The van der Waals surface area contributed by atoms with Crippen LogP contribution < -0.4 is 0 Å². The summed E-state index contributed by atoms with van der Waals surface area (Å²) in [6, 6.07) is 3.08. The van der Waals surface area contributed by atoms with Gasteiger partial charge in [0.2, 0.25) is 0 Å². The highest BCUT2D eigenvalue weighted by molar-refractivity contribution is 5.94. The van der Waals surface area contributed by atoms with Crippen molar-refractivity contribution in [1.29, 1.82) is 0 Å². The maximum atomic E-state index is 13.1. The Morgan fingerprint density at radius 2 is 1.63 bits per heavy atom. The van der Waals surface area contributed by atoms with Gasteiger partial charge >= 0.3 is 5.97 Å². The largest absolute Gasteiger partial charge is 0.464 e. The van der Waals surface area contributed by atoms with E-state index in [2.05, 4.69) is 34.6 Å². The first-order valence-electron chi connectivity index (χ1n) is 10.9. The zero-order chi connectivity index (χ0) is 22.0. The fraction of sp³-hybridized carbons (Fsp3) is 0.520. The molecule has 1 unspecified atom stereocenters. The molecule has 5 heteroatoms. The van der Waals surface area contributed by atoms with Gasteiger partial charge in [-0.3, -0.25) is 4.79 Å². The Kier molecular flexibility index (Phi) is 6.69. The van der Waals surface area contributed by atoms with Crippen LogP contribution in [0.4, 0.5) is 0 Å². The van der Waals surface area contributed by atoms with Gasteiger partial charge in [-0.2, -0.15) is 0 Å². The molecule has 1 aliphatic rings. The summed E-state index contributed by atoms with van der Waals surface area (Å²) in [7, 11) is 0. The standard InChI is InChI=1S/C25H33NO4/c1-7-29-25(28)22-10-8-9-13-26(22)24(27)23-12-11-20(30-23)14-21-18(5)16(3)15(2)17(4)19(21)6/h11-12,22H,7-10,13-14H2,1-6H3. The van der Waals surface area contributed by atoms with Gasteiger partial charge in [-0.25, -0.2) is 4.79 Å². The molecule has 0 aliphatic carbocycles. The third kappa shape index (κ3) is 4.16. The number of esters is 1. The fourth-order valence-electron chi connectivity index (χ4n) is 4.40. The molecule has 30 heavy (non-hydrogen) atoms. The number of carbonyl (C=O) groups excluding carboxylic acids is 2. The quantitative estimate of drug-likeness (QED) is 0.652. The highest BCUT2D eigenvalue weighted by Gasteiger charge is 2.34. The molecule has 1 amide bonds. The molecule has 1 atom stereocenters. The van der Waals surface area contributed by atoms with E-state index < -0.39 is 6.04 Å². The van der Waals surface area contributed by atoms with E-state index >= 15 is 0 Å². The van der Waals surface area contributed by atoms with E-state index in [9.17, 15) is 9.59 Å². The lowest BCUT2D eigenvalue weighted by molar-refractivity contribution is -0.149. The molecule has 1 aromatic carbocycles. The lowest BCUT2D eigenvalue weighted by Gasteiger charge is -2.33. The zero-order valence-electron chi connectivity index (χ0n) is 19.1. The van der Waals surface area contributed by atoms with Gasteiger partial charge in [-0.15, -0.1) is 0 Å². The van der Waals surface area contributed by atoms with Gasteiger partial charge in [-0.05, 0) is 106 Å². The van der Waals surface area contributed by atoms with Crippen LogP contribution in [-0.4, -0.2) is 36.0 Å². The van der Waals surface area contributed by atoms with Crippen LogP contribution in [0.3, 0.4) is 0 Å². The molecule has 2 aromatic rings. The topological polar surface area (TPSA) is 59.8 Å². The summed E-state index contributed by atoms with van der Waals surface area (Å²) in [4.78, 5) is 27.0. The molecular weight excluding hydrogens is 378 g/mol. The Hall–Kier alpha value is -2.56. The van der Waals surface area contributed by atoms with Crippen molar-refractivity contribution < 1.29 is 18.7 Å². The molecular formula is C25H33NO4. The summed E-state index contributed by atoms with van der Waals surface area (Å²) in [6.45, 7) is 13.4. The normalized spacial score (nSPS) is 16.6. The van der Waals surface area contributed by atoms with Crippen LogP contribution in [-0.2, 0) is 16.0 Å². The molecule has 2 heterocycles. The van der Waals surface area contributed by atoms with E-state index in [4.69, 9.17) is 9.15 Å². The number of amides is 1. The van der Waals surface area contributed by atoms with Gasteiger partial charge in [0.1, 0.15) is 11.8 Å². The number of hydrogen-bond donors (Lipinski definition) is 0. The first kappa shape index (κ1) is 22.1. The maximum Gasteiger partial charge on any atom is 0.328 e. The Labute approximate surface area is 179 Å². The zero-order valence-corrected chi connectivity index (χ0v) is 19.1. The highest BCUT2D eigenvalue weighted by atomic mass is 16.5. The number of likely N-dealkylation sites (tertiary alicyclic amines) is 1. The van der Waals surface area contributed by atoms with Crippen LogP contribution in [0.25, 0.3) is 0 Å². The fourth-order valence-corrected chi connectivity index (χ4v) is 4.40. The van der Waals surface area contributed by atoms with Crippen LogP contribution in [0.2, 0.25) is 0 Å². The summed E-state index contributed by atoms with van der Waals surface area (Å²) in [5.41, 5.74) is 7.75. The highest BCUT2D eigenvalue weighted by Crippen LogP contribution is 2.29. The minimum Gasteiger partial charge on any atom is -0.464 e. The van der Waals surface area contributed by atoms with Crippen molar-refractivity contribution in [2.24, 2.45) is 0 Å². The number of carbonyl (C=O) groups is 2. The van der Waals surface area contributed by atoms with Crippen molar-refractivity contribution >= 4 is 11.9 Å². The third-order valence-electron chi connectivity index (χ3n) is 6.70. The second-order valence-electron chi connectivity index (χ2n) is 8.31. The number of rotatable bonds is 5. The molecule has 5 nitrogen and oxygen atoms in total. The predicted molar refractivity (Wildman–Crippen MR) is 117 cm³/mol. The number of furan rings is 1. The van der Waals surface area contributed by atoms with E-state index in [0.717, 1.165) is 18.6 Å². The minimum absolute atomic E-state index is 0.233. The molecule has 1 aliphatic heterocycles. The van der Waals surface area contributed by atoms with Gasteiger partial charge in [-0.1, -0.05) is 0 Å². The van der Waals surface area contributed by atoms with Crippen molar-refractivity contribution in [3.63, 3.8) is 0 Å². The number of benzene rings is 1. The third-order valence-corrected chi connectivity index (χ3v) is 6.70. The summed E-state index contributed by atoms with van der Waals surface area (Å²) >= 11 is 0. The van der Waals surface area contributed by atoms with Crippen molar-refractivity contribution in [3.05, 3.63) is 57.0 Å². The van der Waals surface area contributed by atoms with Crippen LogP contribution in [0.1, 0.15) is 75.9 Å². The van der Waals surface area contributed by atoms with Gasteiger partial charge in [0.25, 0.3) is 5.91 Å². The van der Waals surface area contributed by atoms with Crippen molar-refractivity contribution in [3.8, 4) is 0 Å². The molecule has 0 bridgehead atoms. The molecule has 1 aromatic heterocycles. The number of nitrogens with zero attached hydrogens (tertiary/aromatic N) is 1. The second kappa shape index (κ2) is 9.07. The van der Waals surface area contributed by atoms with Crippen molar-refractivity contribution in [1.82, 2.24) is 4.90 Å². The monoisotopic (exact) mass is 411 g/mol. The smallest absolute Gasteiger partial charge is 0.328 e. The average Bonchev–Trinajstić information content (AvgIpc) is 3.22. The number of piperidine rings is 1. The van der Waals surface area contributed by atoms with Crippen molar-refractivity contribution in [2.75, 3.05) is 13.2 Å². The molecule has 3 rings (SSSR count). The molecule has 1 saturated heterocycles. The van der Waals surface area contributed by atoms with Crippen molar-refractivity contribution in [2.45, 2.75) is 73.3 Å². The second-order valence-corrected chi connectivity index (χ2v) is 8.31. The van der Waals surface area contributed by atoms with E-state index in [0.29, 0.717) is 26.0 Å². The minimum atomic E-state index is -0.522. The Bertz CT molecular complexity index is 927. The van der Waals surface area contributed by atoms with Crippen LogP contribution in [0, 0.1) is 34.6 Å².